The van der Waals surface area contributed by atoms with E-state index in [2.05, 4.69) is 30.2 Å². The monoisotopic (exact) mass is 364 g/mol. The van der Waals surface area contributed by atoms with Gasteiger partial charge in [-0.25, -0.2) is 0 Å². The molecule has 2 heterocycles. The summed E-state index contributed by atoms with van der Waals surface area (Å²) in [7, 11) is 0. The van der Waals surface area contributed by atoms with Gasteiger partial charge in [0, 0.05) is 23.0 Å². The Hall–Kier alpha value is -2.79. The van der Waals surface area contributed by atoms with Crippen molar-refractivity contribution in [3.05, 3.63) is 65.4 Å². The van der Waals surface area contributed by atoms with Crippen molar-refractivity contribution in [2.75, 3.05) is 6.61 Å². The van der Waals surface area contributed by atoms with Gasteiger partial charge in [-0.3, -0.25) is 10.1 Å². The molecule has 27 heavy (non-hydrogen) atoms. The summed E-state index contributed by atoms with van der Waals surface area (Å²) < 4.78 is 5.76. The highest BCUT2D eigenvalue weighted by atomic mass is 16.5. The third-order valence-electron chi connectivity index (χ3n) is 5.01. The first kappa shape index (κ1) is 17.6. The van der Waals surface area contributed by atoms with Gasteiger partial charge in [0.2, 0.25) is 0 Å². The van der Waals surface area contributed by atoms with Crippen LogP contribution in [0.4, 0.5) is 0 Å². The van der Waals surface area contributed by atoms with Gasteiger partial charge in [0.1, 0.15) is 11.8 Å². The van der Waals surface area contributed by atoms with E-state index in [0.29, 0.717) is 18.9 Å². The maximum absolute atomic E-state index is 11.7. The van der Waals surface area contributed by atoms with Gasteiger partial charge in [0.05, 0.1) is 12.6 Å². The first-order valence-corrected chi connectivity index (χ1v) is 9.34. The molecule has 1 aliphatic heterocycles. The van der Waals surface area contributed by atoms with Gasteiger partial charge < -0.3 is 14.8 Å². The van der Waals surface area contributed by atoms with E-state index in [9.17, 15) is 9.90 Å². The number of carbonyl (C=O) groups is 1. The number of hydrogen-bond donors (Lipinski definition) is 3. The summed E-state index contributed by atoms with van der Waals surface area (Å²) in [5.41, 5.74) is 4.19. The molecule has 0 radical (unpaired) electrons. The Morgan fingerprint density at radius 2 is 1.93 bits per heavy atom. The Labute approximate surface area is 158 Å². The number of aromatic nitrogens is 1. The molecule has 1 aromatic heterocycles. The van der Waals surface area contributed by atoms with Crippen molar-refractivity contribution >= 4 is 16.9 Å². The number of hydrogen-bond acceptors (Lipinski definition) is 3. The lowest BCUT2D eigenvalue weighted by molar-refractivity contribution is -0.139. The molecule has 0 amide bonds. The highest BCUT2D eigenvalue weighted by molar-refractivity contribution is 5.87. The van der Waals surface area contributed by atoms with E-state index in [4.69, 9.17) is 4.74 Å². The molecule has 0 spiro atoms. The third-order valence-corrected chi connectivity index (χ3v) is 5.01. The number of aromatic amines is 1. The van der Waals surface area contributed by atoms with Crippen molar-refractivity contribution in [2.45, 2.75) is 32.4 Å². The zero-order chi connectivity index (χ0) is 19.0. The molecular formula is C22H24N2O3. The van der Waals surface area contributed by atoms with E-state index in [1.165, 1.54) is 0 Å². The molecule has 0 aliphatic carbocycles. The average Bonchev–Trinajstić information content (AvgIpc) is 3.04. The van der Waals surface area contributed by atoms with Crippen LogP contribution in [0.1, 0.15) is 36.7 Å². The molecule has 0 bridgehead atoms. The smallest absolute Gasteiger partial charge is 0.321 e. The van der Waals surface area contributed by atoms with Gasteiger partial charge >= 0.3 is 5.97 Å². The second kappa shape index (κ2) is 7.08. The molecular weight excluding hydrogens is 340 g/mol. The number of nitrogens with one attached hydrogen (secondary N) is 2. The maximum Gasteiger partial charge on any atom is 0.321 e. The fraction of sp³-hybridized carbons (Fsp3) is 0.318. The van der Waals surface area contributed by atoms with Crippen LogP contribution >= 0.6 is 0 Å². The molecule has 5 nitrogen and oxygen atoms in total. The van der Waals surface area contributed by atoms with E-state index in [1.807, 2.05) is 42.5 Å². The number of para-hydroxylation sites is 1. The van der Waals surface area contributed by atoms with Crippen LogP contribution in [-0.4, -0.2) is 28.7 Å². The van der Waals surface area contributed by atoms with Crippen molar-refractivity contribution in [3.63, 3.8) is 0 Å². The molecule has 2 aromatic carbocycles. The van der Waals surface area contributed by atoms with E-state index >= 15 is 0 Å². The average molecular weight is 364 g/mol. The van der Waals surface area contributed by atoms with Crippen molar-refractivity contribution in [1.29, 1.82) is 0 Å². The van der Waals surface area contributed by atoms with E-state index in [0.717, 1.165) is 33.5 Å². The molecule has 5 heteroatoms. The molecule has 0 saturated heterocycles. The van der Waals surface area contributed by atoms with Crippen molar-refractivity contribution in [2.24, 2.45) is 5.92 Å². The van der Waals surface area contributed by atoms with Crippen molar-refractivity contribution in [3.8, 4) is 5.75 Å². The molecule has 140 valence electrons. The van der Waals surface area contributed by atoms with Crippen LogP contribution in [0.5, 0.6) is 5.75 Å². The first-order valence-electron chi connectivity index (χ1n) is 9.34. The lowest BCUT2D eigenvalue weighted by Crippen LogP contribution is -2.44. The minimum atomic E-state index is -0.826. The summed E-state index contributed by atoms with van der Waals surface area (Å²) in [6, 6.07) is 15.2. The van der Waals surface area contributed by atoms with Crippen LogP contribution in [0.3, 0.4) is 0 Å². The number of benzene rings is 2. The molecule has 0 fully saturated rings. The second-order valence-electron chi connectivity index (χ2n) is 7.53. The van der Waals surface area contributed by atoms with Gasteiger partial charge in [-0.05, 0) is 35.2 Å². The summed E-state index contributed by atoms with van der Waals surface area (Å²) in [5, 5.41) is 14.0. The standard InChI is InChI=1S/C22H24N2O3/c1-13(2)12-27-15-9-7-14(8-10-15)20-21-17(11-19(24-20)22(25)26)16-5-3-4-6-18(16)23-21/h3-10,13,19-20,23-24H,11-12H2,1-2H3,(H,25,26). The number of aliphatic carboxylic acids is 1. The van der Waals surface area contributed by atoms with Crippen molar-refractivity contribution < 1.29 is 14.6 Å². The van der Waals surface area contributed by atoms with E-state index in [-0.39, 0.29) is 6.04 Å². The molecule has 4 rings (SSSR count). The summed E-state index contributed by atoms with van der Waals surface area (Å²) >= 11 is 0. The molecule has 1 aliphatic rings. The van der Waals surface area contributed by atoms with Gasteiger partial charge in [0.25, 0.3) is 0 Å². The molecule has 0 saturated carbocycles. The maximum atomic E-state index is 11.7. The molecule has 3 N–H and O–H groups in total. The Morgan fingerprint density at radius 1 is 1.19 bits per heavy atom. The first-order chi connectivity index (χ1) is 13.0. The zero-order valence-corrected chi connectivity index (χ0v) is 15.5. The normalized spacial score (nSPS) is 19.2. The lowest BCUT2D eigenvalue weighted by Gasteiger charge is -2.29. The highest BCUT2D eigenvalue weighted by Crippen LogP contribution is 2.35. The predicted octanol–water partition coefficient (Wildman–Crippen LogP) is 3.89. The van der Waals surface area contributed by atoms with Crippen LogP contribution < -0.4 is 10.1 Å². The summed E-state index contributed by atoms with van der Waals surface area (Å²) in [5.74, 6) is 0.470. The quantitative estimate of drug-likeness (QED) is 0.642. The molecule has 2 atom stereocenters. The largest absolute Gasteiger partial charge is 0.493 e. The molecule has 2 unspecified atom stereocenters. The minimum Gasteiger partial charge on any atom is -0.493 e. The van der Waals surface area contributed by atoms with Gasteiger partial charge in [-0.15, -0.1) is 0 Å². The predicted molar refractivity (Wildman–Crippen MR) is 105 cm³/mol. The van der Waals surface area contributed by atoms with Crippen LogP contribution in [0.25, 0.3) is 10.9 Å². The lowest BCUT2D eigenvalue weighted by atomic mass is 9.90. The highest BCUT2D eigenvalue weighted by Gasteiger charge is 2.33. The number of ether oxygens (including phenoxy) is 1. The van der Waals surface area contributed by atoms with Gasteiger partial charge in [-0.1, -0.05) is 44.2 Å². The van der Waals surface area contributed by atoms with Gasteiger partial charge in [0.15, 0.2) is 0 Å². The second-order valence-corrected chi connectivity index (χ2v) is 7.53. The fourth-order valence-electron chi connectivity index (χ4n) is 3.68. The van der Waals surface area contributed by atoms with Gasteiger partial charge in [-0.2, -0.15) is 0 Å². The fourth-order valence-corrected chi connectivity index (χ4v) is 3.68. The van der Waals surface area contributed by atoms with E-state index in [1.54, 1.807) is 0 Å². The zero-order valence-electron chi connectivity index (χ0n) is 15.5. The Bertz CT molecular complexity index is 959. The number of rotatable bonds is 5. The van der Waals surface area contributed by atoms with Crippen LogP contribution in [-0.2, 0) is 11.2 Å². The minimum absolute atomic E-state index is 0.193. The summed E-state index contributed by atoms with van der Waals surface area (Å²) in [6.07, 6.45) is 0.473. The third kappa shape index (κ3) is 3.43. The molecule has 3 aromatic rings. The number of H-pyrrole nitrogens is 1. The van der Waals surface area contributed by atoms with E-state index < -0.39 is 12.0 Å². The number of carboxylic acid groups (broad SMARTS) is 1. The number of carboxylic acids is 1. The number of fused-ring (bicyclic) bond motifs is 3. The SMILES string of the molecule is CC(C)COc1ccc(C2NC(C(=O)O)Cc3c2[nH]c2ccccc32)cc1. The van der Waals surface area contributed by atoms with Crippen molar-refractivity contribution in [1.82, 2.24) is 10.3 Å². The Morgan fingerprint density at radius 3 is 2.63 bits per heavy atom. The summed E-state index contributed by atoms with van der Waals surface area (Å²) in [6.45, 7) is 4.90. The topological polar surface area (TPSA) is 74.3 Å². The summed E-state index contributed by atoms with van der Waals surface area (Å²) in [4.78, 5) is 15.2. The Kier molecular flexibility index (Phi) is 4.62. The van der Waals surface area contributed by atoms with Crippen LogP contribution in [0.2, 0.25) is 0 Å². The van der Waals surface area contributed by atoms with Crippen LogP contribution in [0, 0.1) is 5.92 Å². The Balaban J connectivity index is 1.70. The van der Waals surface area contributed by atoms with Crippen LogP contribution in [0.15, 0.2) is 48.5 Å².